The maximum absolute atomic E-state index is 13.8. The molecule has 2 nitrogen and oxygen atoms in total. The summed E-state index contributed by atoms with van der Waals surface area (Å²) >= 11 is 1.47. The van der Waals surface area contributed by atoms with Gasteiger partial charge in [0.2, 0.25) is 5.06 Å². The van der Waals surface area contributed by atoms with Crippen LogP contribution in [0.25, 0.3) is 16.1 Å². The minimum atomic E-state index is -0.0387. The minimum Gasteiger partial charge on any atom is -0.486 e. The molecule has 0 saturated heterocycles. The van der Waals surface area contributed by atoms with E-state index in [0.717, 1.165) is 29.0 Å². The Bertz CT molecular complexity index is 618. The summed E-state index contributed by atoms with van der Waals surface area (Å²) in [5, 5.41) is 1.57. The first-order valence-corrected chi connectivity index (χ1v) is 7.09. The summed E-state index contributed by atoms with van der Waals surface area (Å²) in [6.07, 6.45) is 2.14. The van der Waals surface area contributed by atoms with E-state index in [0.29, 0.717) is 17.2 Å². The van der Waals surface area contributed by atoms with Gasteiger partial charge in [-0.3, -0.25) is 0 Å². The lowest BCUT2D eigenvalue weighted by Crippen LogP contribution is -1.88. The standard InChI is InChI=1S/C15H14FNOS/c1-18-15-13(11-8-5-9-12(11)16)17-14(19-15)10-6-3-2-4-7-10/h2-4,6-7H,5,8-9H2,1H3. The molecule has 19 heavy (non-hydrogen) atoms. The summed E-state index contributed by atoms with van der Waals surface area (Å²) < 4.78 is 19.2. The van der Waals surface area contributed by atoms with E-state index < -0.39 is 0 Å². The summed E-state index contributed by atoms with van der Waals surface area (Å²) in [7, 11) is 1.61. The minimum absolute atomic E-state index is 0.0387. The molecule has 1 aromatic heterocycles. The number of halogens is 1. The van der Waals surface area contributed by atoms with Crippen LogP contribution in [0, 0.1) is 0 Å². The van der Waals surface area contributed by atoms with Crippen molar-refractivity contribution in [1.29, 1.82) is 0 Å². The highest BCUT2D eigenvalue weighted by Crippen LogP contribution is 2.43. The highest BCUT2D eigenvalue weighted by atomic mass is 32.1. The number of nitrogens with zero attached hydrogens (tertiary/aromatic N) is 1. The normalized spacial score (nSPS) is 15.1. The third-order valence-electron chi connectivity index (χ3n) is 3.24. The van der Waals surface area contributed by atoms with Crippen molar-refractivity contribution in [2.45, 2.75) is 19.3 Å². The molecule has 98 valence electrons. The third-order valence-corrected chi connectivity index (χ3v) is 4.30. The van der Waals surface area contributed by atoms with Crippen LogP contribution < -0.4 is 4.74 Å². The molecule has 0 N–H and O–H groups in total. The van der Waals surface area contributed by atoms with Gasteiger partial charge < -0.3 is 4.74 Å². The molecule has 0 atom stereocenters. The smallest absolute Gasteiger partial charge is 0.202 e. The average molecular weight is 275 g/mol. The first-order valence-electron chi connectivity index (χ1n) is 6.27. The van der Waals surface area contributed by atoms with E-state index >= 15 is 0 Å². The number of ether oxygens (including phenoxy) is 1. The Kier molecular flexibility index (Phi) is 3.34. The van der Waals surface area contributed by atoms with Crippen LogP contribution in [0.1, 0.15) is 25.0 Å². The number of thiazole rings is 1. The predicted molar refractivity (Wildman–Crippen MR) is 76.0 cm³/mol. The number of benzene rings is 1. The molecule has 0 saturated carbocycles. The molecule has 1 aliphatic carbocycles. The maximum Gasteiger partial charge on any atom is 0.202 e. The molecular formula is C15H14FNOS. The SMILES string of the molecule is COc1sc(-c2ccccc2)nc1C1=C(F)CCC1. The second-order valence-corrected chi connectivity index (χ2v) is 5.42. The number of hydrogen-bond acceptors (Lipinski definition) is 3. The summed E-state index contributed by atoms with van der Waals surface area (Å²) in [4.78, 5) is 4.58. The molecule has 1 heterocycles. The largest absolute Gasteiger partial charge is 0.486 e. The van der Waals surface area contributed by atoms with E-state index in [-0.39, 0.29) is 5.83 Å². The fourth-order valence-electron chi connectivity index (χ4n) is 2.29. The molecule has 0 amide bonds. The van der Waals surface area contributed by atoms with Crippen molar-refractivity contribution >= 4 is 16.9 Å². The predicted octanol–water partition coefficient (Wildman–Crippen LogP) is 4.68. The molecule has 0 unspecified atom stereocenters. The first kappa shape index (κ1) is 12.4. The van der Waals surface area contributed by atoms with Crippen LogP contribution in [-0.4, -0.2) is 12.1 Å². The maximum atomic E-state index is 13.8. The van der Waals surface area contributed by atoms with E-state index in [9.17, 15) is 4.39 Å². The fraction of sp³-hybridized carbons (Fsp3) is 0.267. The van der Waals surface area contributed by atoms with Gasteiger partial charge in [0.1, 0.15) is 16.5 Å². The van der Waals surface area contributed by atoms with Crippen molar-refractivity contribution in [3.63, 3.8) is 0 Å². The van der Waals surface area contributed by atoms with Gasteiger partial charge in [-0.2, -0.15) is 0 Å². The van der Waals surface area contributed by atoms with Gasteiger partial charge >= 0.3 is 0 Å². The van der Waals surface area contributed by atoms with Crippen molar-refractivity contribution < 1.29 is 9.13 Å². The van der Waals surface area contributed by atoms with E-state index in [1.807, 2.05) is 30.3 Å². The molecular weight excluding hydrogens is 261 g/mol. The molecule has 0 radical (unpaired) electrons. The highest BCUT2D eigenvalue weighted by molar-refractivity contribution is 7.17. The van der Waals surface area contributed by atoms with Crippen LogP contribution in [0.2, 0.25) is 0 Å². The third kappa shape index (κ3) is 2.28. The van der Waals surface area contributed by atoms with E-state index in [4.69, 9.17) is 4.74 Å². The molecule has 4 heteroatoms. The second kappa shape index (κ2) is 5.13. The van der Waals surface area contributed by atoms with Crippen LogP contribution in [0.3, 0.4) is 0 Å². The molecule has 0 aliphatic heterocycles. The number of allylic oxidation sites excluding steroid dienone is 2. The second-order valence-electron chi connectivity index (χ2n) is 4.46. The van der Waals surface area contributed by atoms with Crippen molar-refractivity contribution in [1.82, 2.24) is 4.98 Å². The molecule has 0 fully saturated rings. The summed E-state index contributed by atoms with van der Waals surface area (Å²) in [6.45, 7) is 0. The fourth-order valence-corrected chi connectivity index (χ4v) is 3.21. The number of hydrogen-bond donors (Lipinski definition) is 0. The van der Waals surface area contributed by atoms with Gasteiger partial charge in [0, 0.05) is 11.1 Å². The summed E-state index contributed by atoms with van der Waals surface area (Å²) in [5.74, 6) is -0.0387. The van der Waals surface area contributed by atoms with Crippen molar-refractivity contribution in [3.05, 3.63) is 41.9 Å². The Labute approximate surface area is 115 Å². The molecule has 3 rings (SSSR count). The van der Waals surface area contributed by atoms with Crippen LogP contribution >= 0.6 is 11.3 Å². The average Bonchev–Trinajstić information content (AvgIpc) is 3.05. The van der Waals surface area contributed by atoms with Crippen LogP contribution in [-0.2, 0) is 0 Å². The zero-order valence-electron chi connectivity index (χ0n) is 10.6. The molecule has 1 aromatic carbocycles. The Balaban J connectivity index is 2.07. The van der Waals surface area contributed by atoms with Gasteiger partial charge in [-0.15, -0.1) is 0 Å². The lowest BCUT2D eigenvalue weighted by atomic mass is 10.2. The van der Waals surface area contributed by atoms with E-state index in [1.165, 1.54) is 11.3 Å². The van der Waals surface area contributed by atoms with Gasteiger partial charge in [0.15, 0.2) is 0 Å². The van der Waals surface area contributed by atoms with Crippen LogP contribution in [0.15, 0.2) is 36.2 Å². The molecule has 1 aliphatic rings. The number of aromatic nitrogens is 1. The topological polar surface area (TPSA) is 22.1 Å². The summed E-state index contributed by atoms with van der Waals surface area (Å²) in [5.41, 5.74) is 2.44. The van der Waals surface area contributed by atoms with Crippen LogP contribution in [0.4, 0.5) is 4.39 Å². The first-order chi connectivity index (χ1) is 9.29. The zero-order chi connectivity index (χ0) is 13.2. The zero-order valence-corrected chi connectivity index (χ0v) is 11.5. The molecule has 0 spiro atoms. The molecule has 2 aromatic rings. The quantitative estimate of drug-likeness (QED) is 0.811. The Morgan fingerprint density at radius 3 is 2.63 bits per heavy atom. The van der Waals surface area contributed by atoms with Gasteiger partial charge in [0.25, 0.3) is 0 Å². The van der Waals surface area contributed by atoms with Gasteiger partial charge in [-0.05, 0) is 19.3 Å². The van der Waals surface area contributed by atoms with E-state index in [1.54, 1.807) is 7.11 Å². The Morgan fingerprint density at radius 1 is 1.21 bits per heavy atom. The van der Waals surface area contributed by atoms with Gasteiger partial charge in [-0.25, -0.2) is 9.37 Å². The summed E-state index contributed by atoms with van der Waals surface area (Å²) in [6, 6.07) is 9.91. The lowest BCUT2D eigenvalue weighted by Gasteiger charge is -2.00. The number of methoxy groups -OCH3 is 1. The molecule has 0 bridgehead atoms. The van der Waals surface area contributed by atoms with Crippen LogP contribution in [0.5, 0.6) is 5.06 Å². The Morgan fingerprint density at radius 2 is 2.00 bits per heavy atom. The van der Waals surface area contributed by atoms with E-state index in [2.05, 4.69) is 4.98 Å². The lowest BCUT2D eigenvalue weighted by molar-refractivity contribution is 0.424. The van der Waals surface area contributed by atoms with Crippen molar-refractivity contribution in [3.8, 4) is 15.6 Å². The van der Waals surface area contributed by atoms with Gasteiger partial charge in [0.05, 0.1) is 7.11 Å². The Hall–Kier alpha value is -1.68. The van der Waals surface area contributed by atoms with Gasteiger partial charge in [-0.1, -0.05) is 41.7 Å². The monoisotopic (exact) mass is 275 g/mol. The van der Waals surface area contributed by atoms with Crippen molar-refractivity contribution in [2.24, 2.45) is 0 Å². The number of rotatable bonds is 3. The van der Waals surface area contributed by atoms with Crippen molar-refractivity contribution in [2.75, 3.05) is 7.11 Å². The highest BCUT2D eigenvalue weighted by Gasteiger charge is 2.23.